The first-order valence-electron chi connectivity index (χ1n) is 7.99. The van der Waals surface area contributed by atoms with E-state index in [9.17, 15) is 9.90 Å². The van der Waals surface area contributed by atoms with Crippen LogP contribution in [-0.4, -0.2) is 27.5 Å². The Bertz CT molecular complexity index is 899. The van der Waals surface area contributed by atoms with Gasteiger partial charge >= 0.3 is 6.09 Å². The van der Waals surface area contributed by atoms with Crippen molar-refractivity contribution in [1.82, 2.24) is 4.57 Å². The van der Waals surface area contributed by atoms with E-state index in [4.69, 9.17) is 16.7 Å². The first-order chi connectivity index (χ1) is 12.0. The topological polar surface area (TPSA) is 74.5 Å². The van der Waals surface area contributed by atoms with E-state index in [0.717, 1.165) is 16.5 Å². The molecule has 0 saturated heterocycles. The summed E-state index contributed by atoms with van der Waals surface area (Å²) in [5.41, 5.74) is 1.64. The minimum Gasteiger partial charge on any atom is -0.465 e. The highest BCUT2D eigenvalue weighted by molar-refractivity contribution is 6.30. The zero-order valence-corrected chi connectivity index (χ0v) is 14.5. The zero-order chi connectivity index (χ0) is 18.0. The molecule has 0 aliphatic heterocycles. The molecule has 0 saturated carbocycles. The van der Waals surface area contributed by atoms with Crippen LogP contribution in [0.1, 0.15) is 18.9 Å². The van der Waals surface area contributed by atoms with Crippen molar-refractivity contribution in [3.63, 3.8) is 0 Å². The molecule has 1 atom stereocenters. The summed E-state index contributed by atoms with van der Waals surface area (Å²) in [4.78, 5) is 11.0. The maximum Gasteiger partial charge on any atom is 0.409 e. The van der Waals surface area contributed by atoms with Crippen LogP contribution in [0.2, 0.25) is 5.02 Å². The van der Waals surface area contributed by atoms with Crippen LogP contribution in [0.3, 0.4) is 0 Å². The average molecular weight is 359 g/mol. The molecule has 25 heavy (non-hydrogen) atoms. The summed E-state index contributed by atoms with van der Waals surface area (Å²) in [6, 6.07) is 14.7. The van der Waals surface area contributed by atoms with E-state index in [2.05, 4.69) is 5.32 Å². The van der Waals surface area contributed by atoms with Gasteiger partial charge in [-0.05, 0) is 42.3 Å². The Morgan fingerprint density at radius 2 is 1.92 bits per heavy atom. The first kappa shape index (κ1) is 17.3. The van der Waals surface area contributed by atoms with Crippen molar-refractivity contribution in [2.45, 2.75) is 18.9 Å². The van der Waals surface area contributed by atoms with Gasteiger partial charge in [0.1, 0.15) is 0 Å². The number of rotatable bonds is 5. The zero-order valence-electron chi connectivity index (χ0n) is 13.7. The minimum absolute atomic E-state index is 0.0918. The van der Waals surface area contributed by atoms with Crippen LogP contribution in [0.25, 0.3) is 10.9 Å². The number of fused-ring (bicyclic) bond motifs is 1. The molecule has 5 nitrogen and oxygen atoms in total. The van der Waals surface area contributed by atoms with Gasteiger partial charge in [-0.2, -0.15) is 0 Å². The molecule has 6 heteroatoms. The average Bonchev–Trinajstić information content (AvgIpc) is 3.03. The Balaban J connectivity index is 2.21. The Hall–Kier alpha value is -2.50. The number of halogens is 1. The van der Waals surface area contributed by atoms with Gasteiger partial charge in [0.25, 0.3) is 0 Å². The summed E-state index contributed by atoms with van der Waals surface area (Å²) < 4.78 is 2.00. The largest absolute Gasteiger partial charge is 0.465 e. The molecule has 3 N–H and O–H groups in total. The van der Waals surface area contributed by atoms with Gasteiger partial charge in [0.2, 0.25) is 0 Å². The molecule has 1 amide bonds. The van der Waals surface area contributed by atoms with Crippen molar-refractivity contribution < 1.29 is 15.0 Å². The molecular weight excluding hydrogens is 340 g/mol. The van der Waals surface area contributed by atoms with Crippen LogP contribution in [0.4, 0.5) is 10.5 Å². The van der Waals surface area contributed by atoms with Crippen LogP contribution < -0.4 is 5.32 Å². The molecule has 1 aromatic heterocycles. The number of hydrogen-bond acceptors (Lipinski definition) is 2. The molecule has 3 aromatic rings. The minimum atomic E-state index is -1.11. The molecule has 0 bridgehead atoms. The van der Waals surface area contributed by atoms with E-state index in [1.54, 1.807) is 24.3 Å². The van der Waals surface area contributed by atoms with Gasteiger partial charge in [-0.15, -0.1) is 0 Å². The van der Waals surface area contributed by atoms with Crippen LogP contribution in [0.15, 0.2) is 54.7 Å². The van der Waals surface area contributed by atoms with Gasteiger partial charge in [-0.1, -0.05) is 36.7 Å². The van der Waals surface area contributed by atoms with E-state index in [1.807, 2.05) is 42.0 Å². The SMILES string of the molecule is CCC(CO)(c1ccc(Cl)cc1)n1ccc2c(NC(=O)O)cccc21. The summed E-state index contributed by atoms with van der Waals surface area (Å²) in [6.45, 7) is 1.92. The smallest absolute Gasteiger partial charge is 0.409 e. The standard InChI is InChI=1S/C19H19ClN2O3/c1-2-19(12-23,13-6-8-14(20)9-7-13)22-11-10-15-16(21-18(24)25)4-3-5-17(15)22/h3-11,21,23H,2,12H2,1H3,(H,24,25). The van der Waals surface area contributed by atoms with Gasteiger partial charge in [0.05, 0.1) is 23.3 Å². The number of aliphatic hydroxyl groups is 1. The molecule has 0 fully saturated rings. The highest BCUT2D eigenvalue weighted by atomic mass is 35.5. The lowest BCUT2D eigenvalue weighted by atomic mass is 9.87. The monoisotopic (exact) mass is 358 g/mol. The van der Waals surface area contributed by atoms with Crippen molar-refractivity contribution in [3.05, 3.63) is 65.3 Å². The number of carboxylic acid groups (broad SMARTS) is 1. The fraction of sp³-hybridized carbons (Fsp3) is 0.211. The van der Waals surface area contributed by atoms with Gasteiger partial charge in [-0.3, -0.25) is 5.32 Å². The number of anilines is 1. The molecule has 0 aliphatic carbocycles. The maximum atomic E-state index is 11.0. The molecule has 0 spiro atoms. The lowest BCUT2D eigenvalue weighted by Gasteiger charge is -2.34. The third-order valence-electron chi connectivity index (χ3n) is 4.66. The van der Waals surface area contributed by atoms with Gasteiger partial charge in [-0.25, -0.2) is 4.79 Å². The third kappa shape index (κ3) is 2.97. The molecule has 1 heterocycles. The molecule has 130 valence electrons. The number of benzene rings is 2. The Morgan fingerprint density at radius 1 is 1.20 bits per heavy atom. The number of amides is 1. The second-order valence-corrected chi connectivity index (χ2v) is 6.34. The molecule has 1 unspecified atom stereocenters. The summed E-state index contributed by atoms with van der Waals surface area (Å²) in [7, 11) is 0. The number of nitrogens with one attached hydrogen (secondary N) is 1. The Labute approximate surface area is 150 Å². The fourth-order valence-electron chi connectivity index (χ4n) is 3.32. The van der Waals surface area contributed by atoms with Crippen LogP contribution in [0.5, 0.6) is 0 Å². The molecule has 3 rings (SSSR count). The van der Waals surface area contributed by atoms with Crippen molar-refractivity contribution in [3.8, 4) is 0 Å². The van der Waals surface area contributed by atoms with E-state index >= 15 is 0 Å². The van der Waals surface area contributed by atoms with E-state index < -0.39 is 11.6 Å². The number of aromatic nitrogens is 1. The number of hydrogen-bond donors (Lipinski definition) is 3. The summed E-state index contributed by atoms with van der Waals surface area (Å²) in [5.74, 6) is 0. The number of nitrogens with zero attached hydrogens (tertiary/aromatic N) is 1. The predicted molar refractivity (Wildman–Crippen MR) is 99.5 cm³/mol. The van der Waals surface area contributed by atoms with Crippen molar-refractivity contribution in [1.29, 1.82) is 0 Å². The number of aliphatic hydroxyl groups excluding tert-OH is 1. The third-order valence-corrected chi connectivity index (χ3v) is 4.92. The summed E-state index contributed by atoms with van der Waals surface area (Å²) in [5, 5.41) is 23.1. The first-order valence-corrected chi connectivity index (χ1v) is 8.37. The molecule has 0 radical (unpaired) electrons. The lowest BCUT2D eigenvalue weighted by molar-refractivity contribution is 0.165. The second kappa shape index (κ2) is 6.78. The van der Waals surface area contributed by atoms with Crippen molar-refractivity contribution in [2.24, 2.45) is 0 Å². The van der Waals surface area contributed by atoms with Crippen molar-refractivity contribution >= 4 is 34.3 Å². The Kier molecular flexibility index (Phi) is 4.70. The normalized spacial score (nSPS) is 13.6. The quantitative estimate of drug-likeness (QED) is 0.627. The lowest BCUT2D eigenvalue weighted by Crippen LogP contribution is -2.37. The van der Waals surface area contributed by atoms with Crippen molar-refractivity contribution in [2.75, 3.05) is 11.9 Å². The maximum absolute atomic E-state index is 11.0. The van der Waals surface area contributed by atoms with Crippen LogP contribution in [0, 0.1) is 0 Å². The highest BCUT2D eigenvalue weighted by Gasteiger charge is 2.32. The summed E-state index contributed by atoms with van der Waals surface area (Å²) in [6.07, 6.45) is 1.43. The summed E-state index contributed by atoms with van der Waals surface area (Å²) >= 11 is 6.00. The van der Waals surface area contributed by atoms with Gasteiger partial charge in [0, 0.05) is 16.6 Å². The van der Waals surface area contributed by atoms with Gasteiger partial charge in [0.15, 0.2) is 0 Å². The van der Waals surface area contributed by atoms with E-state index in [-0.39, 0.29) is 6.61 Å². The van der Waals surface area contributed by atoms with E-state index in [1.165, 1.54) is 0 Å². The molecule has 2 aromatic carbocycles. The molecule has 0 aliphatic rings. The highest BCUT2D eigenvalue weighted by Crippen LogP contribution is 2.36. The van der Waals surface area contributed by atoms with Gasteiger partial charge < -0.3 is 14.8 Å². The Morgan fingerprint density at radius 3 is 2.52 bits per heavy atom. The van der Waals surface area contributed by atoms with E-state index in [0.29, 0.717) is 17.1 Å². The van der Waals surface area contributed by atoms with Crippen LogP contribution >= 0.6 is 11.6 Å². The fourth-order valence-corrected chi connectivity index (χ4v) is 3.44. The second-order valence-electron chi connectivity index (χ2n) is 5.90. The predicted octanol–water partition coefficient (Wildman–Crippen LogP) is 4.53. The number of carbonyl (C=O) groups is 1. The molecular formula is C19H19ClN2O3. The van der Waals surface area contributed by atoms with Crippen LogP contribution in [-0.2, 0) is 5.54 Å².